The van der Waals surface area contributed by atoms with Gasteiger partial charge in [-0.25, -0.2) is 0 Å². The summed E-state index contributed by atoms with van der Waals surface area (Å²) in [6.45, 7) is 5.51. The molecule has 110 valence electrons. The highest BCUT2D eigenvalue weighted by Crippen LogP contribution is 2.28. The molecule has 2 aromatic rings. The Hall–Kier alpha value is -1.76. The van der Waals surface area contributed by atoms with E-state index in [2.05, 4.69) is 10.4 Å². The molecule has 1 N–H and O–H groups in total. The Balaban J connectivity index is 2.08. The van der Waals surface area contributed by atoms with E-state index in [-0.39, 0.29) is 6.54 Å². The minimum Gasteiger partial charge on any atom is -0.462 e. The third-order valence-corrected chi connectivity index (χ3v) is 2.89. The molecule has 0 saturated heterocycles. The molecule has 0 aliphatic carbocycles. The Labute approximate surface area is 114 Å². The van der Waals surface area contributed by atoms with E-state index in [4.69, 9.17) is 4.42 Å². The third kappa shape index (κ3) is 3.41. The molecule has 0 radical (unpaired) electrons. The lowest BCUT2D eigenvalue weighted by Gasteiger charge is -2.01. The Morgan fingerprint density at radius 1 is 1.40 bits per heavy atom. The van der Waals surface area contributed by atoms with Crippen molar-refractivity contribution >= 4 is 0 Å². The predicted molar refractivity (Wildman–Crippen MR) is 67.2 cm³/mol. The molecule has 4 nitrogen and oxygen atoms in total. The molecule has 0 bridgehead atoms. The van der Waals surface area contributed by atoms with Crippen LogP contribution in [-0.2, 0) is 19.3 Å². The zero-order valence-electron chi connectivity index (χ0n) is 11.3. The molecule has 0 saturated carbocycles. The fraction of sp³-hybridized carbons (Fsp3) is 0.462. The standard InChI is InChI=1S/C13H16F3N3O/c1-3-17-6-12-9(2)4-11(20-12)8-19-7-10(5-18-19)13(14,15)16/h4-5,7,17H,3,6,8H2,1-2H3. The average Bonchev–Trinajstić information content (AvgIpc) is 2.94. The van der Waals surface area contributed by atoms with Gasteiger partial charge in [0.05, 0.1) is 24.8 Å². The number of furan rings is 1. The van der Waals surface area contributed by atoms with E-state index in [0.29, 0.717) is 12.3 Å². The number of nitrogens with one attached hydrogen (secondary N) is 1. The number of aromatic nitrogens is 2. The molecule has 0 unspecified atom stereocenters. The van der Waals surface area contributed by atoms with Gasteiger partial charge in [-0.2, -0.15) is 18.3 Å². The van der Waals surface area contributed by atoms with Gasteiger partial charge in [-0.1, -0.05) is 6.92 Å². The molecule has 0 aliphatic heterocycles. The van der Waals surface area contributed by atoms with E-state index in [0.717, 1.165) is 30.3 Å². The van der Waals surface area contributed by atoms with Crippen molar-refractivity contribution in [2.75, 3.05) is 6.54 Å². The lowest BCUT2D eigenvalue weighted by Crippen LogP contribution is -2.11. The Kier molecular flexibility index (Phi) is 4.17. The number of nitrogens with zero attached hydrogens (tertiary/aromatic N) is 2. The van der Waals surface area contributed by atoms with Crippen molar-refractivity contribution in [3.8, 4) is 0 Å². The largest absolute Gasteiger partial charge is 0.462 e. The molecule has 20 heavy (non-hydrogen) atoms. The number of rotatable bonds is 5. The van der Waals surface area contributed by atoms with E-state index in [9.17, 15) is 13.2 Å². The van der Waals surface area contributed by atoms with Gasteiger partial charge in [-0.3, -0.25) is 4.68 Å². The maximum atomic E-state index is 12.5. The summed E-state index contributed by atoms with van der Waals surface area (Å²) in [7, 11) is 0. The smallest absolute Gasteiger partial charge is 0.419 e. The van der Waals surface area contributed by atoms with Gasteiger partial charge in [-0.05, 0) is 25.1 Å². The van der Waals surface area contributed by atoms with Crippen molar-refractivity contribution in [3.05, 3.63) is 41.1 Å². The van der Waals surface area contributed by atoms with Crippen LogP contribution < -0.4 is 5.32 Å². The molecule has 2 rings (SSSR count). The van der Waals surface area contributed by atoms with Gasteiger partial charge in [0.1, 0.15) is 11.5 Å². The van der Waals surface area contributed by atoms with Crippen molar-refractivity contribution in [1.82, 2.24) is 15.1 Å². The zero-order valence-corrected chi connectivity index (χ0v) is 11.3. The van der Waals surface area contributed by atoms with Crippen LogP contribution in [0.3, 0.4) is 0 Å². The summed E-state index contributed by atoms with van der Waals surface area (Å²) in [6, 6.07) is 1.82. The topological polar surface area (TPSA) is 43.0 Å². The van der Waals surface area contributed by atoms with Crippen LogP contribution >= 0.6 is 0 Å². The molecule has 0 aromatic carbocycles. The molecule has 0 fully saturated rings. The average molecular weight is 287 g/mol. The van der Waals surface area contributed by atoms with Crippen LogP contribution in [0.4, 0.5) is 13.2 Å². The van der Waals surface area contributed by atoms with Crippen LogP contribution in [0.15, 0.2) is 22.9 Å². The molecular formula is C13H16F3N3O. The van der Waals surface area contributed by atoms with Crippen molar-refractivity contribution < 1.29 is 17.6 Å². The van der Waals surface area contributed by atoms with E-state index < -0.39 is 11.7 Å². The summed E-state index contributed by atoms with van der Waals surface area (Å²) in [6.07, 6.45) is -2.58. The molecular weight excluding hydrogens is 271 g/mol. The Morgan fingerprint density at radius 3 is 2.75 bits per heavy atom. The normalized spacial score (nSPS) is 12.1. The second kappa shape index (κ2) is 5.70. The monoisotopic (exact) mass is 287 g/mol. The van der Waals surface area contributed by atoms with E-state index in [1.54, 1.807) is 0 Å². The van der Waals surface area contributed by atoms with E-state index in [1.807, 2.05) is 19.9 Å². The quantitative estimate of drug-likeness (QED) is 0.919. The lowest BCUT2D eigenvalue weighted by atomic mass is 10.2. The SMILES string of the molecule is CCNCc1oc(Cn2cc(C(F)(F)F)cn2)cc1C. The van der Waals surface area contributed by atoms with Gasteiger partial charge in [0.15, 0.2) is 0 Å². The zero-order chi connectivity index (χ0) is 14.8. The van der Waals surface area contributed by atoms with Crippen molar-refractivity contribution in [2.24, 2.45) is 0 Å². The van der Waals surface area contributed by atoms with E-state index in [1.165, 1.54) is 4.68 Å². The van der Waals surface area contributed by atoms with Crippen LogP contribution in [0.25, 0.3) is 0 Å². The highest BCUT2D eigenvalue weighted by atomic mass is 19.4. The van der Waals surface area contributed by atoms with Crippen LogP contribution in [-0.4, -0.2) is 16.3 Å². The summed E-state index contributed by atoms with van der Waals surface area (Å²) in [4.78, 5) is 0. The summed E-state index contributed by atoms with van der Waals surface area (Å²) in [5.41, 5.74) is 0.220. The van der Waals surface area contributed by atoms with Gasteiger partial charge in [0, 0.05) is 6.20 Å². The first-order valence-corrected chi connectivity index (χ1v) is 6.28. The fourth-order valence-corrected chi connectivity index (χ4v) is 1.84. The second-order valence-electron chi connectivity index (χ2n) is 4.52. The highest BCUT2D eigenvalue weighted by molar-refractivity contribution is 5.20. The van der Waals surface area contributed by atoms with Gasteiger partial charge >= 0.3 is 6.18 Å². The number of hydrogen-bond acceptors (Lipinski definition) is 3. The summed E-state index contributed by atoms with van der Waals surface area (Å²) >= 11 is 0. The molecule has 0 aliphatic rings. The van der Waals surface area contributed by atoms with Gasteiger partial charge in [0.2, 0.25) is 0 Å². The predicted octanol–water partition coefficient (Wildman–Crippen LogP) is 2.96. The maximum absolute atomic E-state index is 12.5. The Morgan fingerprint density at radius 2 is 2.15 bits per heavy atom. The number of aryl methyl sites for hydroxylation is 1. The second-order valence-corrected chi connectivity index (χ2v) is 4.52. The lowest BCUT2D eigenvalue weighted by molar-refractivity contribution is -0.137. The number of alkyl halides is 3. The van der Waals surface area contributed by atoms with Gasteiger partial charge in [-0.15, -0.1) is 0 Å². The molecule has 0 amide bonds. The molecule has 0 spiro atoms. The van der Waals surface area contributed by atoms with Crippen molar-refractivity contribution in [1.29, 1.82) is 0 Å². The summed E-state index contributed by atoms with van der Waals surface area (Å²) in [5, 5.41) is 6.84. The Bertz CT molecular complexity index is 572. The van der Waals surface area contributed by atoms with Crippen LogP contribution in [0, 0.1) is 6.92 Å². The summed E-state index contributed by atoms with van der Waals surface area (Å²) < 4.78 is 44.2. The summed E-state index contributed by atoms with van der Waals surface area (Å²) in [5.74, 6) is 1.39. The van der Waals surface area contributed by atoms with Gasteiger partial charge in [0.25, 0.3) is 0 Å². The minimum absolute atomic E-state index is 0.184. The molecule has 7 heteroatoms. The highest BCUT2D eigenvalue weighted by Gasteiger charge is 2.32. The van der Waals surface area contributed by atoms with Crippen molar-refractivity contribution in [3.63, 3.8) is 0 Å². The molecule has 2 heterocycles. The molecule has 0 atom stereocenters. The minimum atomic E-state index is -4.37. The van der Waals surface area contributed by atoms with Crippen LogP contribution in [0.5, 0.6) is 0 Å². The first kappa shape index (κ1) is 14.6. The van der Waals surface area contributed by atoms with Crippen LogP contribution in [0.1, 0.15) is 29.6 Å². The molecule has 2 aromatic heterocycles. The third-order valence-electron chi connectivity index (χ3n) is 2.89. The van der Waals surface area contributed by atoms with Crippen LogP contribution in [0.2, 0.25) is 0 Å². The van der Waals surface area contributed by atoms with Gasteiger partial charge < -0.3 is 9.73 Å². The van der Waals surface area contributed by atoms with E-state index >= 15 is 0 Å². The fourth-order valence-electron chi connectivity index (χ4n) is 1.84. The first-order chi connectivity index (χ1) is 9.40. The number of halogens is 3. The van der Waals surface area contributed by atoms with Crippen molar-refractivity contribution in [2.45, 2.75) is 33.1 Å². The number of hydrogen-bond donors (Lipinski definition) is 1. The first-order valence-electron chi connectivity index (χ1n) is 6.28. The maximum Gasteiger partial charge on any atom is 0.419 e.